The van der Waals surface area contributed by atoms with E-state index in [1.807, 2.05) is 36.4 Å². The van der Waals surface area contributed by atoms with E-state index in [9.17, 15) is 0 Å². The molecule has 1 heterocycles. The molecule has 27 heavy (non-hydrogen) atoms. The third-order valence-electron chi connectivity index (χ3n) is 4.70. The Morgan fingerprint density at radius 1 is 0.630 bits per heavy atom. The fourth-order valence-corrected chi connectivity index (χ4v) is 3.91. The van der Waals surface area contributed by atoms with Gasteiger partial charge in [-0.2, -0.15) is 0 Å². The van der Waals surface area contributed by atoms with Crippen LogP contribution in [0.15, 0.2) is 106 Å². The highest BCUT2D eigenvalue weighted by atomic mass is 79.9. The molecule has 1 aromatic heterocycles. The Hall–Kier alpha value is -3.04. The monoisotopic (exact) mass is 413 g/mol. The lowest BCUT2D eigenvalue weighted by Crippen LogP contribution is -2.09. The van der Waals surface area contributed by atoms with Crippen LogP contribution < -0.4 is 4.90 Å². The molecule has 0 saturated carbocycles. The highest BCUT2D eigenvalue weighted by Gasteiger charge is 2.18. The molecule has 0 amide bonds. The minimum atomic E-state index is 0.887. The Labute approximate surface area is 165 Å². The summed E-state index contributed by atoms with van der Waals surface area (Å²) >= 11 is 3.60. The number of anilines is 3. The van der Waals surface area contributed by atoms with Gasteiger partial charge in [0.15, 0.2) is 0 Å². The van der Waals surface area contributed by atoms with E-state index >= 15 is 0 Å². The number of rotatable bonds is 3. The fourth-order valence-electron chi connectivity index (χ4n) is 3.55. The van der Waals surface area contributed by atoms with Gasteiger partial charge in [0.25, 0.3) is 0 Å². The number of nitrogens with zero attached hydrogens (tertiary/aromatic N) is 1. The van der Waals surface area contributed by atoms with E-state index in [1.54, 1.807) is 0 Å². The van der Waals surface area contributed by atoms with Crippen LogP contribution in [0.2, 0.25) is 0 Å². The summed E-state index contributed by atoms with van der Waals surface area (Å²) in [5.74, 6) is 0. The van der Waals surface area contributed by atoms with Crippen molar-refractivity contribution >= 4 is 54.9 Å². The van der Waals surface area contributed by atoms with Gasteiger partial charge in [0, 0.05) is 21.2 Å². The van der Waals surface area contributed by atoms with Gasteiger partial charge in [-0.05, 0) is 54.6 Å². The molecule has 0 spiro atoms. The lowest BCUT2D eigenvalue weighted by atomic mass is 10.1. The van der Waals surface area contributed by atoms with Gasteiger partial charge in [0.05, 0.1) is 11.1 Å². The number of benzene rings is 4. The van der Waals surface area contributed by atoms with Crippen molar-refractivity contribution in [3.63, 3.8) is 0 Å². The molecule has 0 N–H and O–H groups in total. The van der Waals surface area contributed by atoms with Crippen molar-refractivity contribution in [1.29, 1.82) is 0 Å². The second-order valence-electron chi connectivity index (χ2n) is 6.40. The van der Waals surface area contributed by atoms with Crippen LogP contribution in [0.4, 0.5) is 17.1 Å². The quantitative estimate of drug-likeness (QED) is 0.299. The maximum Gasteiger partial charge on any atom is 0.137 e. The van der Waals surface area contributed by atoms with Crippen molar-refractivity contribution in [2.45, 2.75) is 0 Å². The van der Waals surface area contributed by atoms with E-state index in [0.29, 0.717) is 0 Å². The predicted octanol–water partition coefficient (Wildman–Crippen LogP) is 7.82. The summed E-state index contributed by atoms with van der Waals surface area (Å²) in [4.78, 5) is 2.28. The second-order valence-corrected chi connectivity index (χ2v) is 7.32. The Morgan fingerprint density at radius 3 is 1.96 bits per heavy atom. The number of furan rings is 1. The Bertz CT molecular complexity index is 1190. The van der Waals surface area contributed by atoms with Gasteiger partial charge in [-0.3, -0.25) is 0 Å². The lowest BCUT2D eigenvalue weighted by Gasteiger charge is -2.26. The van der Waals surface area contributed by atoms with Crippen molar-refractivity contribution in [3.05, 3.63) is 102 Å². The molecule has 3 heteroatoms. The van der Waals surface area contributed by atoms with Crippen LogP contribution in [-0.4, -0.2) is 0 Å². The Morgan fingerprint density at radius 2 is 1.30 bits per heavy atom. The summed E-state index contributed by atoms with van der Waals surface area (Å²) in [5.41, 5.74) is 5.10. The highest BCUT2D eigenvalue weighted by molar-refractivity contribution is 9.10. The molecular formula is C24H16BrNO. The van der Waals surface area contributed by atoms with Crippen LogP contribution in [0.5, 0.6) is 0 Å². The van der Waals surface area contributed by atoms with Gasteiger partial charge in [0.1, 0.15) is 11.2 Å². The smallest absolute Gasteiger partial charge is 0.137 e. The van der Waals surface area contributed by atoms with Crippen molar-refractivity contribution in [1.82, 2.24) is 0 Å². The van der Waals surface area contributed by atoms with E-state index < -0.39 is 0 Å². The molecule has 5 aromatic rings. The number of para-hydroxylation sites is 2. The fraction of sp³-hybridized carbons (Fsp3) is 0. The summed E-state index contributed by atoms with van der Waals surface area (Å²) in [5, 5.41) is 2.22. The van der Waals surface area contributed by atoms with Crippen LogP contribution >= 0.6 is 15.9 Å². The first-order chi connectivity index (χ1) is 13.3. The molecule has 5 rings (SSSR count). The van der Waals surface area contributed by atoms with E-state index in [-0.39, 0.29) is 0 Å². The molecule has 0 fully saturated rings. The van der Waals surface area contributed by atoms with Gasteiger partial charge in [-0.1, -0.05) is 58.4 Å². The highest BCUT2D eigenvalue weighted by Crippen LogP contribution is 2.42. The van der Waals surface area contributed by atoms with E-state index in [4.69, 9.17) is 4.42 Å². The van der Waals surface area contributed by atoms with Gasteiger partial charge >= 0.3 is 0 Å². The van der Waals surface area contributed by atoms with Crippen LogP contribution in [0.25, 0.3) is 21.9 Å². The van der Waals surface area contributed by atoms with Gasteiger partial charge in [-0.25, -0.2) is 0 Å². The van der Waals surface area contributed by atoms with Crippen molar-refractivity contribution in [3.8, 4) is 0 Å². The molecule has 0 aliphatic heterocycles. The molecule has 0 atom stereocenters. The zero-order valence-electron chi connectivity index (χ0n) is 14.5. The maximum absolute atomic E-state index is 6.12. The van der Waals surface area contributed by atoms with Crippen LogP contribution in [-0.2, 0) is 0 Å². The van der Waals surface area contributed by atoms with Crippen LogP contribution in [0, 0.1) is 0 Å². The summed E-state index contributed by atoms with van der Waals surface area (Å²) in [6.07, 6.45) is 0. The molecule has 0 bridgehead atoms. The van der Waals surface area contributed by atoms with Crippen molar-refractivity contribution in [2.75, 3.05) is 4.90 Å². The number of fused-ring (bicyclic) bond motifs is 3. The summed E-state index contributed by atoms with van der Waals surface area (Å²) in [6, 6.07) is 33.2. The van der Waals surface area contributed by atoms with Crippen LogP contribution in [0.3, 0.4) is 0 Å². The number of hydrogen-bond acceptors (Lipinski definition) is 2. The third-order valence-corrected chi connectivity index (χ3v) is 5.20. The maximum atomic E-state index is 6.12. The normalized spacial score (nSPS) is 11.1. The van der Waals surface area contributed by atoms with Gasteiger partial charge in [-0.15, -0.1) is 0 Å². The minimum absolute atomic E-state index is 0.887. The first-order valence-corrected chi connectivity index (χ1v) is 9.61. The van der Waals surface area contributed by atoms with Crippen molar-refractivity contribution < 1.29 is 4.42 Å². The summed E-state index contributed by atoms with van der Waals surface area (Å²) < 4.78 is 7.16. The van der Waals surface area contributed by atoms with Crippen LogP contribution in [0.1, 0.15) is 0 Å². The molecule has 4 aromatic carbocycles. The number of halogens is 1. The van der Waals surface area contributed by atoms with Gasteiger partial charge < -0.3 is 9.32 Å². The molecule has 2 nitrogen and oxygen atoms in total. The zero-order chi connectivity index (χ0) is 18.2. The largest absolute Gasteiger partial charge is 0.456 e. The Balaban J connectivity index is 1.86. The zero-order valence-corrected chi connectivity index (χ0v) is 16.1. The molecular weight excluding hydrogens is 398 g/mol. The molecule has 0 saturated heterocycles. The SMILES string of the molecule is Brc1ccc2oc3cccc(N(c4ccccc4)c4ccccc4)c3c2c1. The first-order valence-electron chi connectivity index (χ1n) is 8.82. The molecule has 0 aliphatic rings. The average Bonchev–Trinajstić information content (AvgIpc) is 3.08. The lowest BCUT2D eigenvalue weighted by molar-refractivity contribution is 0.669. The van der Waals surface area contributed by atoms with Crippen molar-refractivity contribution in [2.24, 2.45) is 0 Å². The molecule has 0 aliphatic carbocycles. The molecule has 0 radical (unpaired) electrons. The summed E-state index contributed by atoms with van der Waals surface area (Å²) in [7, 11) is 0. The first kappa shape index (κ1) is 16.2. The standard InChI is InChI=1S/C24H16BrNO/c25-17-14-15-22-20(16-17)24-21(12-7-13-23(24)27-22)26(18-8-3-1-4-9-18)19-10-5-2-6-11-19/h1-16H. The molecule has 0 unspecified atom stereocenters. The summed E-state index contributed by atoms with van der Waals surface area (Å²) in [6.45, 7) is 0. The van der Waals surface area contributed by atoms with E-state index in [1.165, 1.54) is 0 Å². The predicted molar refractivity (Wildman–Crippen MR) is 116 cm³/mol. The minimum Gasteiger partial charge on any atom is -0.456 e. The van der Waals surface area contributed by atoms with Gasteiger partial charge in [0.2, 0.25) is 0 Å². The third kappa shape index (κ3) is 2.81. The number of hydrogen-bond donors (Lipinski definition) is 0. The van der Waals surface area contributed by atoms with E-state index in [2.05, 4.69) is 81.5 Å². The second kappa shape index (κ2) is 6.60. The average molecular weight is 414 g/mol. The topological polar surface area (TPSA) is 16.4 Å². The molecule has 130 valence electrons. The van der Waals surface area contributed by atoms with E-state index in [0.717, 1.165) is 43.5 Å². The Kier molecular flexibility index (Phi) is 3.95.